The summed E-state index contributed by atoms with van der Waals surface area (Å²) >= 11 is 0. The highest BCUT2D eigenvalue weighted by Gasteiger charge is 2.23. The summed E-state index contributed by atoms with van der Waals surface area (Å²) in [4.78, 5) is 29.8. The van der Waals surface area contributed by atoms with E-state index in [0.29, 0.717) is 37.9 Å². The van der Waals surface area contributed by atoms with Gasteiger partial charge in [-0.25, -0.2) is 0 Å². The lowest BCUT2D eigenvalue weighted by atomic mass is 10.0. The Labute approximate surface area is 177 Å². The molecule has 0 spiro atoms. The van der Waals surface area contributed by atoms with Gasteiger partial charge < -0.3 is 14.4 Å². The van der Waals surface area contributed by atoms with Crippen molar-refractivity contribution in [3.63, 3.8) is 0 Å². The van der Waals surface area contributed by atoms with Crippen LogP contribution in [0.4, 0.5) is 0 Å². The molecule has 0 atom stereocenters. The van der Waals surface area contributed by atoms with Crippen molar-refractivity contribution in [3.8, 4) is 0 Å². The molecule has 0 saturated heterocycles. The molecule has 1 fully saturated rings. The number of aromatic nitrogens is 1. The zero-order chi connectivity index (χ0) is 21.2. The van der Waals surface area contributed by atoms with Gasteiger partial charge in [0.1, 0.15) is 0 Å². The summed E-state index contributed by atoms with van der Waals surface area (Å²) in [5.41, 5.74) is 1.12. The second-order valence-corrected chi connectivity index (χ2v) is 9.14. The molecule has 0 unspecified atom stereocenters. The van der Waals surface area contributed by atoms with Crippen molar-refractivity contribution in [2.75, 3.05) is 19.6 Å². The molecule has 1 aromatic heterocycles. The minimum absolute atomic E-state index is 0.0604. The normalized spacial score (nSPS) is 14.5. The van der Waals surface area contributed by atoms with Crippen LogP contribution >= 0.6 is 0 Å². The minimum Gasteiger partial charge on any atom is -0.353 e. The molecular formula is C24H41N3O2. The zero-order valence-electron chi connectivity index (χ0n) is 19.0. The molecule has 1 aromatic rings. The van der Waals surface area contributed by atoms with Crippen LogP contribution in [0, 0.1) is 11.8 Å². The number of hydrogen-bond donors (Lipinski definition) is 0. The highest BCUT2D eigenvalue weighted by Crippen LogP contribution is 2.28. The monoisotopic (exact) mass is 403 g/mol. The van der Waals surface area contributed by atoms with Gasteiger partial charge in [0, 0.05) is 38.4 Å². The number of hydrogen-bond acceptors (Lipinski definition) is 2. The van der Waals surface area contributed by atoms with E-state index in [2.05, 4.69) is 31.4 Å². The van der Waals surface area contributed by atoms with E-state index in [1.807, 2.05) is 29.1 Å². The molecule has 2 rings (SSSR count). The summed E-state index contributed by atoms with van der Waals surface area (Å²) in [6, 6.07) is 4.07. The molecule has 0 aromatic carbocycles. The van der Waals surface area contributed by atoms with Crippen LogP contribution in [0.15, 0.2) is 18.3 Å². The highest BCUT2D eigenvalue weighted by molar-refractivity contribution is 5.84. The van der Waals surface area contributed by atoms with E-state index in [0.717, 1.165) is 25.0 Å². The molecule has 1 saturated carbocycles. The van der Waals surface area contributed by atoms with Gasteiger partial charge in [0.2, 0.25) is 11.8 Å². The number of unbranched alkanes of at least 4 members (excludes halogenated alkanes) is 1. The average Bonchev–Trinajstić information content (AvgIpc) is 3.34. The van der Waals surface area contributed by atoms with Crippen LogP contribution in [0.1, 0.15) is 77.8 Å². The van der Waals surface area contributed by atoms with Crippen LogP contribution in [-0.2, 0) is 23.2 Å². The first-order chi connectivity index (χ1) is 13.9. The third-order valence-electron chi connectivity index (χ3n) is 6.04. The summed E-state index contributed by atoms with van der Waals surface area (Å²) in [5, 5.41) is 0. The van der Waals surface area contributed by atoms with E-state index in [-0.39, 0.29) is 18.4 Å². The molecule has 1 aliphatic carbocycles. The molecule has 5 nitrogen and oxygen atoms in total. The van der Waals surface area contributed by atoms with E-state index in [1.54, 1.807) is 0 Å². The molecule has 1 aliphatic rings. The van der Waals surface area contributed by atoms with Gasteiger partial charge in [-0.3, -0.25) is 9.59 Å². The Balaban J connectivity index is 1.99. The fourth-order valence-electron chi connectivity index (χ4n) is 4.24. The first-order valence-corrected chi connectivity index (χ1v) is 11.6. The van der Waals surface area contributed by atoms with E-state index in [9.17, 15) is 9.59 Å². The molecule has 0 aliphatic heterocycles. The first-order valence-electron chi connectivity index (χ1n) is 11.6. The Kier molecular flexibility index (Phi) is 9.75. The van der Waals surface area contributed by atoms with Crippen LogP contribution in [0.3, 0.4) is 0 Å². The molecule has 5 heteroatoms. The largest absolute Gasteiger partial charge is 0.353 e. The number of rotatable bonds is 12. The van der Waals surface area contributed by atoms with Crippen molar-refractivity contribution < 1.29 is 9.59 Å². The third kappa shape index (κ3) is 7.87. The van der Waals surface area contributed by atoms with Crippen molar-refractivity contribution in [3.05, 3.63) is 24.0 Å². The predicted molar refractivity (Wildman–Crippen MR) is 118 cm³/mol. The third-order valence-corrected chi connectivity index (χ3v) is 6.04. The van der Waals surface area contributed by atoms with E-state index in [4.69, 9.17) is 0 Å². The number of carbonyl (C=O) groups is 2. The van der Waals surface area contributed by atoms with Crippen molar-refractivity contribution in [1.82, 2.24) is 14.4 Å². The molecule has 0 bridgehead atoms. The second kappa shape index (κ2) is 12.0. The van der Waals surface area contributed by atoms with Gasteiger partial charge in [0.05, 0.1) is 13.1 Å². The summed E-state index contributed by atoms with van der Waals surface area (Å²) in [5.74, 6) is 1.31. The Morgan fingerprint density at radius 3 is 2.48 bits per heavy atom. The number of carbonyl (C=O) groups excluding carboxylic acids is 2. The Morgan fingerprint density at radius 2 is 1.90 bits per heavy atom. The van der Waals surface area contributed by atoms with Crippen LogP contribution in [-0.4, -0.2) is 45.8 Å². The SMILES string of the molecule is CCCCN(CC(=O)N(Cc1cccn1C)CC(C)C)C(=O)CCC1CCCC1. The molecule has 164 valence electrons. The molecule has 1 heterocycles. The maximum Gasteiger partial charge on any atom is 0.242 e. The highest BCUT2D eigenvalue weighted by atomic mass is 16.2. The van der Waals surface area contributed by atoms with Crippen molar-refractivity contribution >= 4 is 11.8 Å². The van der Waals surface area contributed by atoms with Gasteiger partial charge in [0.15, 0.2) is 0 Å². The van der Waals surface area contributed by atoms with Gasteiger partial charge >= 0.3 is 0 Å². The summed E-state index contributed by atoms with van der Waals surface area (Å²) in [7, 11) is 2.01. The van der Waals surface area contributed by atoms with Gasteiger partial charge in [-0.2, -0.15) is 0 Å². The maximum atomic E-state index is 13.2. The fourth-order valence-corrected chi connectivity index (χ4v) is 4.24. The molecular weight excluding hydrogens is 362 g/mol. The minimum atomic E-state index is 0.0604. The quantitative estimate of drug-likeness (QED) is 0.512. The Bertz CT molecular complexity index is 632. The fraction of sp³-hybridized carbons (Fsp3) is 0.750. The number of aryl methyl sites for hydroxylation is 1. The first kappa shape index (κ1) is 23.5. The van der Waals surface area contributed by atoms with Gasteiger partial charge in [-0.05, 0) is 36.8 Å². The van der Waals surface area contributed by atoms with Crippen LogP contribution < -0.4 is 0 Å². The van der Waals surface area contributed by atoms with E-state index in [1.165, 1.54) is 25.7 Å². The van der Waals surface area contributed by atoms with E-state index < -0.39 is 0 Å². The summed E-state index contributed by atoms with van der Waals surface area (Å²) in [6.07, 6.45) is 10.7. The topological polar surface area (TPSA) is 45.6 Å². The lowest BCUT2D eigenvalue weighted by molar-refractivity contribution is -0.141. The van der Waals surface area contributed by atoms with Gasteiger partial charge in [0.25, 0.3) is 0 Å². The zero-order valence-corrected chi connectivity index (χ0v) is 19.0. The van der Waals surface area contributed by atoms with Crippen molar-refractivity contribution in [1.29, 1.82) is 0 Å². The molecule has 0 N–H and O–H groups in total. The van der Waals surface area contributed by atoms with E-state index >= 15 is 0 Å². The second-order valence-electron chi connectivity index (χ2n) is 9.14. The molecule has 29 heavy (non-hydrogen) atoms. The van der Waals surface area contributed by atoms with Gasteiger partial charge in [-0.15, -0.1) is 0 Å². The van der Waals surface area contributed by atoms with Crippen LogP contribution in [0.25, 0.3) is 0 Å². The van der Waals surface area contributed by atoms with Crippen LogP contribution in [0.2, 0.25) is 0 Å². The van der Waals surface area contributed by atoms with Crippen molar-refractivity contribution in [2.45, 2.75) is 78.7 Å². The van der Waals surface area contributed by atoms with Crippen LogP contribution in [0.5, 0.6) is 0 Å². The lowest BCUT2D eigenvalue weighted by Gasteiger charge is -2.29. The summed E-state index contributed by atoms with van der Waals surface area (Å²) in [6.45, 7) is 8.59. The molecule has 2 amide bonds. The average molecular weight is 404 g/mol. The molecule has 0 radical (unpaired) electrons. The Hall–Kier alpha value is -1.78. The van der Waals surface area contributed by atoms with Crippen molar-refractivity contribution in [2.24, 2.45) is 18.9 Å². The standard InChI is InChI=1S/C24H41N3O2/c1-5-6-16-26(23(28)14-13-21-10-7-8-11-21)19-24(29)27(17-20(2)3)18-22-12-9-15-25(22)4/h9,12,15,20-21H,5-8,10-11,13-14,16-19H2,1-4H3. The smallest absolute Gasteiger partial charge is 0.242 e. The van der Waals surface area contributed by atoms with Gasteiger partial charge in [-0.1, -0.05) is 52.9 Å². The maximum absolute atomic E-state index is 13.2. The lowest BCUT2D eigenvalue weighted by Crippen LogP contribution is -2.44. The number of nitrogens with zero attached hydrogens (tertiary/aromatic N) is 3. The Morgan fingerprint density at radius 1 is 1.17 bits per heavy atom. The summed E-state index contributed by atoms with van der Waals surface area (Å²) < 4.78 is 2.06. The predicted octanol–water partition coefficient (Wildman–Crippen LogP) is 4.61. The number of amides is 2.